The van der Waals surface area contributed by atoms with Gasteiger partial charge < -0.3 is 4.42 Å². The number of aromatic nitrogens is 3. The average Bonchev–Trinajstić information content (AvgIpc) is 3.62. The van der Waals surface area contributed by atoms with Gasteiger partial charge in [-0.3, -0.25) is 0 Å². The predicted octanol–water partition coefficient (Wildman–Crippen LogP) is 12.3. The molecule has 2 aromatic heterocycles. The molecule has 0 spiro atoms. The van der Waals surface area contributed by atoms with Gasteiger partial charge in [-0.2, -0.15) is 5.26 Å². The molecule has 53 heavy (non-hydrogen) atoms. The molecule has 0 amide bonds. The Hall–Kier alpha value is -7.42. The third-order valence-corrected chi connectivity index (χ3v) is 9.95. The number of nitriles is 1. The summed E-state index contributed by atoms with van der Waals surface area (Å²) in [6.07, 6.45) is 0. The highest BCUT2D eigenvalue weighted by Gasteiger charge is 2.18. The summed E-state index contributed by atoms with van der Waals surface area (Å²) in [6, 6.07) is 59.9. The smallest absolute Gasteiger partial charge is 0.164 e. The van der Waals surface area contributed by atoms with Crippen LogP contribution in [0.3, 0.4) is 0 Å². The van der Waals surface area contributed by atoms with Crippen LogP contribution in [0.2, 0.25) is 0 Å². The first-order valence-corrected chi connectivity index (χ1v) is 17.5. The summed E-state index contributed by atoms with van der Waals surface area (Å²) < 4.78 is 6.49. The first-order valence-electron chi connectivity index (χ1n) is 17.5. The van der Waals surface area contributed by atoms with Gasteiger partial charge in [0.05, 0.1) is 11.6 Å². The second-order valence-corrected chi connectivity index (χ2v) is 13.1. The molecule has 0 saturated heterocycles. The van der Waals surface area contributed by atoms with Gasteiger partial charge in [0.1, 0.15) is 11.2 Å². The molecule has 0 aliphatic rings. The minimum absolute atomic E-state index is 0.554. The number of benzene rings is 8. The molecule has 0 fully saturated rings. The summed E-state index contributed by atoms with van der Waals surface area (Å²) in [7, 11) is 0. The largest absolute Gasteiger partial charge is 0.456 e. The second kappa shape index (κ2) is 12.4. The molecule has 0 atom stereocenters. The van der Waals surface area contributed by atoms with Crippen molar-refractivity contribution in [3.05, 3.63) is 175 Å². The van der Waals surface area contributed by atoms with Gasteiger partial charge in [-0.1, -0.05) is 133 Å². The van der Waals surface area contributed by atoms with E-state index in [1.54, 1.807) is 0 Å². The van der Waals surface area contributed by atoms with Crippen molar-refractivity contribution in [3.63, 3.8) is 0 Å². The van der Waals surface area contributed by atoms with E-state index >= 15 is 0 Å². The summed E-state index contributed by atoms with van der Waals surface area (Å²) in [5, 5.41) is 16.1. The summed E-state index contributed by atoms with van der Waals surface area (Å²) in [5.74, 6) is 1.71. The number of nitrogens with zero attached hydrogens (tertiary/aromatic N) is 4. The Balaban J connectivity index is 1.16. The van der Waals surface area contributed by atoms with Crippen LogP contribution in [-0.4, -0.2) is 15.0 Å². The third kappa shape index (κ3) is 5.29. The maximum Gasteiger partial charge on any atom is 0.164 e. The van der Waals surface area contributed by atoms with Crippen molar-refractivity contribution in [1.82, 2.24) is 15.0 Å². The highest BCUT2D eigenvalue weighted by Crippen LogP contribution is 2.39. The van der Waals surface area contributed by atoms with Crippen LogP contribution in [-0.2, 0) is 0 Å². The maximum atomic E-state index is 9.44. The van der Waals surface area contributed by atoms with Gasteiger partial charge in [0.2, 0.25) is 0 Å². The van der Waals surface area contributed by atoms with E-state index in [-0.39, 0.29) is 0 Å². The number of furan rings is 1. The number of rotatable bonds is 5. The van der Waals surface area contributed by atoms with Gasteiger partial charge in [-0.25, -0.2) is 15.0 Å². The Morgan fingerprint density at radius 3 is 1.89 bits per heavy atom. The molecule has 0 unspecified atom stereocenters. The van der Waals surface area contributed by atoms with Crippen molar-refractivity contribution in [3.8, 4) is 62.5 Å². The standard InChI is InChI=1S/C48H28N4O/c49-29-30-10-8-14-34(26-30)31-20-22-33(23-21-31)46-50-47(52-48(51-46)42-27-35-13-4-5-15-37(35)39-16-6-7-17-40(39)42)36-24-25-41-44(28-36)53-43-19-9-18-38(45(41)43)32-11-2-1-3-12-32/h1-28H. The zero-order valence-electron chi connectivity index (χ0n) is 28.4. The van der Waals surface area contributed by atoms with Crippen LogP contribution >= 0.6 is 0 Å². The van der Waals surface area contributed by atoms with E-state index < -0.39 is 0 Å². The Morgan fingerprint density at radius 1 is 0.396 bits per heavy atom. The SMILES string of the molecule is N#Cc1cccc(-c2ccc(-c3nc(-c4ccc5c(c4)oc4cccc(-c6ccccc6)c45)nc(-c4cc5ccccc5c5ccccc45)n3)cc2)c1. The van der Waals surface area contributed by atoms with Crippen molar-refractivity contribution < 1.29 is 4.42 Å². The van der Waals surface area contributed by atoms with Gasteiger partial charge in [0, 0.05) is 27.5 Å². The minimum Gasteiger partial charge on any atom is -0.456 e. The van der Waals surface area contributed by atoms with Crippen molar-refractivity contribution in [2.24, 2.45) is 0 Å². The van der Waals surface area contributed by atoms with Gasteiger partial charge >= 0.3 is 0 Å². The lowest BCUT2D eigenvalue weighted by molar-refractivity contribution is 0.669. The van der Waals surface area contributed by atoms with Crippen molar-refractivity contribution in [1.29, 1.82) is 5.26 Å². The van der Waals surface area contributed by atoms with Crippen LogP contribution in [0, 0.1) is 11.3 Å². The molecule has 0 aliphatic heterocycles. The van der Waals surface area contributed by atoms with Gasteiger partial charge in [0.25, 0.3) is 0 Å². The molecule has 2 heterocycles. The van der Waals surface area contributed by atoms with Gasteiger partial charge in [0.15, 0.2) is 17.5 Å². The fourth-order valence-electron chi connectivity index (χ4n) is 7.40. The molecule has 0 bridgehead atoms. The minimum atomic E-state index is 0.554. The Morgan fingerprint density at radius 2 is 1.06 bits per heavy atom. The normalized spacial score (nSPS) is 11.4. The molecule has 10 aromatic rings. The van der Waals surface area contributed by atoms with Crippen molar-refractivity contribution in [2.75, 3.05) is 0 Å². The molecule has 0 radical (unpaired) electrons. The zero-order valence-corrected chi connectivity index (χ0v) is 28.4. The van der Waals surface area contributed by atoms with Crippen molar-refractivity contribution in [2.45, 2.75) is 0 Å². The molecule has 0 saturated carbocycles. The zero-order chi connectivity index (χ0) is 35.3. The maximum absolute atomic E-state index is 9.44. The van der Waals surface area contributed by atoms with Crippen LogP contribution in [0.1, 0.15) is 5.56 Å². The molecule has 5 nitrogen and oxygen atoms in total. The van der Waals surface area contributed by atoms with E-state index in [9.17, 15) is 5.26 Å². The van der Waals surface area contributed by atoms with Crippen LogP contribution in [0.25, 0.3) is 99.9 Å². The van der Waals surface area contributed by atoms with Gasteiger partial charge in [-0.05, 0) is 80.2 Å². The van der Waals surface area contributed by atoms with Crippen LogP contribution in [0.5, 0.6) is 0 Å². The van der Waals surface area contributed by atoms with E-state index in [1.807, 2.05) is 72.8 Å². The lowest BCUT2D eigenvalue weighted by Crippen LogP contribution is -2.01. The summed E-state index contributed by atoms with van der Waals surface area (Å²) in [4.78, 5) is 15.4. The van der Waals surface area contributed by atoms with Crippen LogP contribution in [0.15, 0.2) is 174 Å². The molecule has 0 N–H and O–H groups in total. The van der Waals surface area contributed by atoms with Crippen molar-refractivity contribution >= 4 is 43.5 Å². The fourth-order valence-corrected chi connectivity index (χ4v) is 7.40. The van der Waals surface area contributed by atoms with E-state index in [0.717, 1.165) is 77.0 Å². The van der Waals surface area contributed by atoms with E-state index in [1.165, 1.54) is 5.39 Å². The summed E-state index contributed by atoms with van der Waals surface area (Å²) in [5.41, 5.74) is 9.10. The first kappa shape index (κ1) is 30.4. The quantitative estimate of drug-likeness (QED) is 0.170. The topological polar surface area (TPSA) is 75.6 Å². The first-order chi connectivity index (χ1) is 26.2. The van der Waals surface area contributed by atoms with E-state index in [2.05, 4.69) is 103 Å². The molecule has 0 aliphatic carbocycles. The van der Waals surface area contributed by atoms with Crippen LogP contribution < -0.4 is 0 Å². The number of fused-ring (bicyclic) bond motifs is 6. The number of hydrogen-bond acceptors (Lipinski definition) is 5. The third-order valence-electron chi connectivity index (χ3n) is 9.95. The average molecular weight is 677 g/mol. The summed E-state index contributed by atoms with van der Waals surface area (Å²) in [6.45, 7) is 0. The molecular formula is C48H28N4O. The number of hydrogen-bond donors (Lipinski definition) is 0. The van der Waals surface area contributed by atoms with Crippen LogP contribution in [0.4, 0.5) is 0 Å². The fraction of sp³-hybridized carbons (Fsp3) is 0. The Labute approximate surface area is 305 Å². The molecule has 5 heteroatoms. The molecule has 246 valence electrons. The Kier molecular flexibility index (Phi) is 7.12. The second-order valence-electron chi connectivity index (χ2n) is 13.1. The molecule has 8 aromatic carbocycles. The van der Waals surface area contributed by atoms with E-state index in [4.69, 9.17) is 19.4 Å². The highest BCUT2D eigenvalue weighted by molar-refractivity contribution is 6.14. The highest BCUT2D eigenvalue weighted by atomic mass is 16.3. The lowest BCUT2D eigenvalue weighted by Gasteiger charge is -2.12. The Bertz CT molecular complexity index is 3070. The lowest BCUT2D eigenvalue weighted by atomic mass is 9.96. The molecular weight excluding hydrogens is 649 g/mol. The molecule has 10 rings (SSSR count). The summed E-state index contributed by atoms with van der Waals surface area (Å²) >= 11 is 0. The predicted molar refractivity (Wildman–Crippen MR) is 214 cm³/mol. The monoisotopic (exact) mass is 676 g/mol. The van der Waals surface area contributed by atoms with Gasteiger partial charge in [-0.15, -0.1) is 0 Å². The van der Waals surface area contributed by atoms with E-state index in [0.29, 0.717) is 23.0 Å².